The van der Waals surface area contributed by atoms with Crippen LogP contribution >= 0.6 is 0 Å². The van der Waals surface area contributed by atoms with Gasteiger partial charge in [0.25, 0.3) is 15.6 Å². The van der Waals surface area contributed by atoms with E-state index in [9.17, 15) is 13.2 Å². The molecule has 0 saturated carbocycles. The van der Waals surface area contributed by atoms with Crippen molar-refractivity contribution in [2.75, 3.05) is 27.7 Å². The Morgan fingerprint density at radius 2 is 1.83 bits per heavy atom. The molecule has 2 aromatic carbocycles. The van der Waals surface area contributed by atoms with Gasteiger partial charge in [0.1, 0.15) is 5.75 Å². The van der Waals surface area contributed by atoms with Crippen LogP contribution in [0, 0.1) is 0 Å². The van der Waals surface area contributed by atoms with Gasteiger partial charge in [0.2, 0.25) is 0 Å². The van der Waals surface area contributed by atoms with Crippen molar-refractivity contribution >= 4 is 20.8 Å². The number of rotatable bonds is 9. The van der Waals surface area contributed by atoms with Crippen molar-refractivity contribution in [3.8, 4) is 16.9 Å². The van der Waals surface area contributed by atoms with Crippen LogP contribution < -0.4 is 15.0 Å². The first-order valence-corrected chi connectivity index (χ1v) is 12.6. The Bertz CT molecular complexity index is 1510. The Morgan fingerprint density at radius 3 is 2.46 bits per heavy atom. The van der Waals surface area contributed by atoms with Gasteiger partial charge in [-0.15, -0.1) is 0 Å². The van der Waals surface area contributed by atoms with Crippen molar-refractivity contribution in [2.24, 2.45) is 7.05 Å². The van der Waals surface area contributed by atoms with Gasteiger partial charge in [0.05, 0.1) is 13.4 Å². The summed E-state index contributed by atoms with van der Waals surface area (Å²) in [5.74, 6) is 0.658. The SMILES string of the molecule is COc1ccc2c(=O)n(CCNS(=O)(=O)c3cn(C)cn3)c(CN(C)C)c(-c3ccccc3)c2c1. The molecule has 0 bridgehead atoms. The van der Waals surface area contributed by atoms with Crippen LogP contribution in [0.4, 0.5) is 0 Å². The molecule has 0 atom stereocenters. The lowest BCUT2D eigenvalue weighted by Gasteiger charge is -2.23. The van der Waals surface area contributed by atoms with Crippen molar-refractivity contribution in [3.05, 3.63) is 77.1 Å². The third kappa shape index (κ3) is 5.14. The van der Waals surface area contributed by atoms with E-state index in [1.807, 2.05) is 55.4 Å². The van der Waals surface area contributed by atoms with E-state index < -0.39 is 10.0 Å². The Labute approximate surface area is 204 Å². The summed E-state index contributed by atoms with van der Waals surface area (Å²) in [5.41, 5.74) is 2.49. The molecule has 2 heterocycles. The number of aromatic nitrogens is 3. The largest absolute Gasteiger partial charge is 0.497 e. The third-order valence-electron chi connectivity index (χ3n) is 5.70. The first kappa shape index (κ1) is 24.6. The van der Waals surface area contributed by atoms with Crippen molar-refractivity contribution in [2.45, 2.75) is 18.1 Å². The number of nitrogens with one attached hydrogen (secondary N) is 1. The van der Waals surface area contributed by atoms with Gasteiger partial charge >= 0.3 is 0 Å². The van der Waals surface area contributed by atoms with Crippen molar-refractivity contribution in [3.63, 3.8) is 0 Å². The minimum Gasteiger partial charge on any atom is -0.497 e. The number of aryl methyl sites for hydroxylation is 1. The summed E-state index contributed by atoms with van der Waals surface area (Å²) in [4.78, 5) is 19.6. The zero-order valence-electron chi connectivity index (χ0n) is 20.2. The third-order valence-corrected chi connectivity index (χ3v) is 7.04. The minimum absolute atomic E-state index is 0.0368. The van der Waals surface area contributed by atoms with Crippen LogP contribution in [0.1, 0.15) is 5.69 Å². The predicted octanol–water partition coefficient (Wildman–Crippen LogP) is 2.45. The molecule has 35 heavy (non-hydrogen) atoms. The molecule has 1 N–H and O–H groups in total. The van der Waals surface area contributed by atoms with E-state index in [4.69, 9.17) is 4.74 Å². The monoisotopic (exact) mass is 495 g/mol. The maximum absolute atomic E-state index is 13.7. The van der Waals surface area contributed by atoms with Crippen LogP contribution in [0.25, 0.3) is 21.9 Å². The fourth-order valence-corrected chi connectivity index (χ4v) is 5.12. The van der Waals surface area contributed by atoms with Gasteiger partial charge in [-0.2, -0.15) is 0 Å². The average molecular weight is 496 g/mol. The van der Waals surface area contributed by atoms with E-state index in [1.165, 1.54) is 12.5 Å². The molecule has 0 saturated heterocycles. The van der Waals surface area contributed by atoms with E-state index in [2.05, 4.69) is 9.71 Å². The van der Waals surface area contributed by atoms with Crippen molar-refractivity contribution in [1.29, 1.82) is 0 Å². The summed E-state index contributed by atoms with van der Waals surface area (Å²) >= 11 is 0. The molecule has 0 aliphatic carbocycles. The van der Waals surface area contributed by atoms with E-state index >= 15 is 0 Å². The summed E-state index contributed by atoms with van der Waals surface area (Å²) < 4.78 is 36.6. The summed E-state index contributed by atoms with van der Waals surface area (Å²) in [6.45, 7) is 0.685. The first-order chi connectivity index (χ1) is 16.7. The number of nitrogens with zero attached hydrogens (tertiary/aromatic N) is 4. The summed E-state index contributed by atoms with van der Waals surface area (Å²) in [6, 6.07) is 15.3. The van der Waals surface area contributed by atoms with Gasteiger partial charge in [-0.3, -0.25) is 4.79 Å². The van der Waals surface area contributed by atoms with E-state index in [0.717, 1.165) is 22.2 Å². The summed E-state index contributed by atoms with van der Waals surface area (Å²) in [5, 5.41) is 1.28. The van der Waals surface area contributed by atoms with Gasteiger partial charge in [-0.05, 0) is 37.9 Å². The molecule has 0 fully saturated rings. The number of fused-ring (bicyclic) bond motifs is 1. The molecule has 0 spiro atoms. The Morgan fingerprint density at radius 1 is 1.09 bits per heavy atom. The lowest BCUT2D eigenvalue weighted by molar-refractivity contribution is 0.385. The smallest absolute Gasteiger partial charge is 0.259 e. The molecule has 4 rings (SSSR count). The van der Waals surface area contributed by atoms with Crippen LogP contribution in [0.2, 0.25) is 0 Å². The zero-order chi connectivity index (χ0) is 25.2. The molecule has 0 aliphatic rings. The van der Waals surface area contributed by atoms with Crippen LogP contribution in [0.3, 0.4) is 0 Å². The fraction of sp³-hybridized carbons (Fsp3) is 0.280. The molecule has 0 unspecified atom stereocenters. The molecule has 0 radical (unpaired) electrons. The van der Waals surface area contributed by atoms with Crippen molar-refractivity contribution in [1.82, 2.24) is 23.7 Å². The Hall–Kier alpha value is -3.47. The highest BCUT2D eigenvalue weighted by Crippen LogP contribution is 2.33. The second-order valence-corrected chi connectivity index (χ2v) is 10.3. The Balaban J connectivity index is 1.84. The topological polar surface area (TPSA) is 98.5 Å². The molecule has 0 aliphatic heterocycles. The lowest BCUT2D eigenvalue weighted by atomic mass is 9.96. The number of hydrogen-bond donors (Lipinski definition) is 1. The van der Waals surface area contributed by atoms with Gasteiger partial charge in [0.15, 0.2) is 5.03 Å². The molecule has 4 aromatic rings. The second-order valence-electron chi connectivity index (χ2n) is 8.57. The molecule has 0 amide bonds. The van der Waals surface area contributed by atoms with Gasteiger partial charge in [-0.25, -0.2) is 18.1 Å². The lowest BCUT2D eigenvalue weighted by Crippen LogP contribution is -2.34. The highest BCUT2D eigenvalue weighted by Gasteiger charge is 2.21. The van der Waals surface area contributed by atoms with Crippen LogP contribution in [-0.4, -0.2) is 55.2 Å². The van der Waals surface area contributed by atoms with Crippen molar-refractivity contribution < 1.29 is 13.2 Å². The number of imidazole rings is 1. The second kappa shape index (κ2) is 10.0. The van der Waals surface area contributed by atoms with Gasteiger partial charge in [-0.1, -0.05) is 30.3 Å². The Kier molecular flexibility index (Phi) is 7.06. The molecule has 10 heteroatoms. The number of pyridine rings is 1. The van der Waals surface area contributed by atoms with E-state index in [0.29, 0.717) is 17.7 Å². The van der Waals surface area contributed by atoms with Crippen LogP contribution in [0.15, 0.2) is 70.9 Å². The first-order valence-electron chi connectivity index (χ1n) is 11.1. The normalized spacial score (nSPS) is 11.9. The molecular formula is C25H29N5O4S. The van der Waals surface area contributed by atoms with Gasteiger partial charge < -0.3 is 18.8 Å². The highest BCUT2D eigenvalue weighted by molar-refractivity contribution is 7.89. The number of hydrogen-bond acceptors (Lipinski definition) is 6. The molecule has 184 valence electrons. The number of ether oxygens (including phenoxy) is 1. The summed E-state index contributed by atoms with van der Waals surface area (Å²) in [6.07, 6.45) is 2.86. The van der Waals surface area contributed by atoms with Crippen LogP contribution in [0.5, 0.6) is 5.75 Å². The summed E-state index contributed by atoms with van der Waals surface area (Å²) in [7, 11) is 3.37. The fourth-order valence-electron chi connectivity index (χ4n) is 4.12. The molecular weight excluding hydrogens is 466 g/mol. The predicted molar refractivity (Wildman–Crippen MR) is 136 cm³/mol. The van der Waals surface area contributed by atoms with Crippen LogP contribution in [-0.2, 0) is 30.2 Å². The molecule has 9 nitrogen and oxygen atoms in total. The standard InChI is InChI=1S/C25H29N5O4S/c1-28(2)15-22-24(18-8-6-5-7-9-18)21-14-19(34-4)10-11-20(21)25(31)30(22)13-12-27-35(32,33)23-16-29(3)17-26-23/h5-11,14,16-17,27H,12-13,15H2,1-4H3. The maximum atomic E-state index is 13.7. The zero-order valence-corrected chi connectivity index (χ0v) is 21.0. The molecule has 2 aromatic heterocycles. The quantitative estimate of drug-likeness (QED) is 0.383. The van der Waals surface area contributed by atoms with E-state index in [-0.39, 0.29) is 23.7 Å². The highest BCUT2D eigenvalue weighted by atomic mass is 32.2. The number of sulfonamides is 1. The maximum Gasteiger partial charge on any atom is 0.259 e. The van der Waals surface area contributed by atoms with Gasteiger partial charge in [0, 0.05) is 54.9 Å². The number of methoxy groups -OCH3 is 1. The minimum atomic E-state index is -3.80. The van der Waals surface area contributed by atoms with E-state index in [1.54, 1.807) is 35.4 Å². The number of benzene rings is 2. The average Bonchev–Trinajstić information content (AvgIpc) is 3.28.